The van der Waals surface area contributed by atoms with Gasteiger partial charge in [0.05, 0.1) is 44.7 Å². The molecule has 4 rings (SSSR count). The fraction of sp³-hybridized carbons (Fsp3) is 0.174. The van der Waals surface area contributed by atoms with Crippen molar-refractivity contribution in [2.45, 2.75) is 0 Å². The highest BCUT2D eigenvalue weighted by molar-refractivity contribution is 7.11. The molecule has 9 heteroatoms. The van der Waals surface area contributed by atoms with Gasteiger partial charge in [0.15, 0.2) is 11.5 Å². The van der Waals surface area contributed by atoms with Gasteiger partial charge in [-0.2, -0.15) is 0 Å². The number of hydrogen-bond acceptors (Lipinski definition) is 8. The number of amidine groups is 1. The lowest BCUT2D eigenvalue weighted by Gasteiger charge is -2.18. The summed E-state index contributed by atoms with van der Waals surface area (Å²) in [5.41, 5.74) is 3.03. The van der Waals surface area contributed by atoms with Gasteiger partial charge in [-0.15, -0.1) is 11.3 Å². The highest BCUT2D eigenvalue weighted by Gasteiger charge is 2.31. The third-order valence-electron chi connectivity index (χ3n) is 5.10. The summed E-state index contributed by atoms with van der Waals surface area (Å²) in [5, 5.41) is 21.6. The fourth-order valence-electron chi connectivity index (χ4n) is 3.44. The molecule has 0 saturated carbocycles. The number of anilines is 1. The number of nitrogens with zero attached hydrogens (tertiary/aromatic N) is 2. The summed E-state index contributed by atoms with van der Waals surface area (Å²) in [6, 6.07) is 12.2. The predicted molar refractivity (Wildman–Crippen MR) is 123 cm³/mol. The van der Waals surface area contributed by atoms with Crippen LogP contribution in [0.25, 0.3) is 16.8 Å². The fourth-order valence-corrected chi connectivity index (χ4v) is 4.33. The first-order valence-corrected chi connectivity index (χ1v) is 10.5. The first kappa shape index (κ1) is 21.4. The minimum Gasteiger partial charge on any atom is -0.510 e. The minimum atomic E-state index is -0.430. The summed E-state index contributed by atoms with van der Waals surface area (Å²) >= 11 is 1.35. The van der Waals surface area contributed by atoms with Crippen LogP contribution in [0.2, 0.25) is 0 Å². The average Bonchev–Trinajstić information content (AvgIpc) is 3.42. The summed E-state index contributed by atoms with van der Waals surface area (Å²) < 4.78 is 15.4. The summed E-state index contributed by atoms with van der Waals surface area (Å²) in [4.78, 5) is 17.9. The van der Waals surface area contributed by atoms with Crippen LogP contribution in [-0.4, -0.2) is 49.8 Å². The maximum atomic E-state index is 11.6. The molecule has 2 N–H and O–H groups in total. The minimum absolute atomic E-state index is 0.0697. The van der Waals surface area contributed by atoms with E-state index in [0.29, 0.717) is 39.0 Å². The van der Waals surface area contributed by atoms with Crippen LogP contribution in [0.15, 0.2) is 53.6 Å². The molecule has 32 heavy (non-hydrogen) atoms. The predicted octanol–water partition coefficient (Wildman–Crippen LogP) is 4.38. The Morgan fingerprint density at radius 1 is 1.09 bits per heavy atom. The Morgan fingerprint density at radius 2 is 1.81 bits per heavy atom. The maximum Gasteiger partial charge on any atom is 0.337 e. The number of carbonyl (C=O) groups excluding carboxylic acids is 1. The van der Waals surface area contributed by atoms with Gasteiger partial charge in [-0.25, -0.2) is 9.78 Å². The van der Waals surface area contributed by atoms with Crippen molar-refractivity contribution in [2.75, 3.05) is 32.8 Å². The van der Waals surface area contributed by atoms with E-state index in [4.69, 9.17) is 19.6 Å². The second-order valence-corrected chi connectivity index (χ2v) is 7.76. The summed E-state index contributed by atoms with van der Waals surface area (Å²) in [6.07, 6.45) is 0. The standard InChI is InChI=1S/C23H21N3O5S/c1-29-18-9-6-14(10-19(18)30-2)16-12-32-22(25-16)20-17(27)11-26(21(20)24)15-7-4-13(5-8-15)23(28)31-3/h4-10,12,24,27H,11H2,1-3H3. The first-order chi connectivity index (χ1) is 15.5. The molecule has 164 valence electrons. The van der Waals surface area contributed by atoms with Gasteiger partial charge in [-0.1, -0.05) is 0 Å². The number of aromatic nitrogens is 1. The van der Waals surface area contributed by atoms with Crippen molar-refractivity contribution in [1.82, 2.24) is 4.98 Å². The van der Waals surface area contributed by atoms with Crippen LogP contribution >= 0.6 is 11.3 Å². The molecule has 0 aliphatic carbocycles. The SMILES string of the molecule is COC(=O)c1ccc(N2CC(O)=C(c3nc(-c4ccc(OC)c(OC)c4)cs3)C2=N)cc1. The van der Waals surface area contributed by atoms with Crippen molar-refractivity contribution in [3.63, 3.8) is 0 Å². The lowest BCUT2D eigenvalue weighted by molar-refractivity contribution is 0.0600. The van der Waals surface area contributed by atoms with Gasteiger partial charge >= 0.3 is 5.97 Å². The van der Waals surface area contributed by atoms with Crippen molar-refractivity contribution < 1.29 is 24.1 Å². The van der Waals surface area contributed by atoms with Gasteiger partial charge in [0.25, 0.3) is 0 Å². The Balaban J connectivity index is 1.59. The Bertz CT molecular complexity index is 1220. The summed E-state index contributed by atoms with van der Waals surface area (Å²) in [7, 11) is 4.47. The number of carbonyl (C=O) groups is 1. The van der Waals surface area contributed by atoms with E-state index in [9.17, 15) is 9.90 Å². The van der Waals surface area contributed by atoms with Crippen LogP contribution in [0, 0.1) is 5.41 Å². The normalized spacial score (nSPS) is 13.5. The molecule has 3 aromatic rings. The number of methoxy groups -OCH3 is 3. The molecule has 0 spiro atoms. The Labute approximate surface area is 188 Å². The molecule has 1 aliphatic rings. The molecular weight excluding hydrogens is 430 g/mol. The van der Waals surface area contributed by atoms with E-state index in [2.05, 4.69) is 4.98 Å². The Morgan fingerprint density at radius 3 is 2.47 bits per heavy atom. The third kappa shape index (κ3) is 3.78. The summed E-state index contributed by atoms with van der Waals surface area (Å²) in [6.45, 7) is 0.150. The zero-order valence-electron chi connectivity index (χ0n) is 17.7. The molecule has 2 aromatic carbocycles. The van der Waals surface area contributed by atoms with Gasteiger partial charge in [0.1, 0.15) is 16.6 Å². The number of hydrogen-bond donors (Lipinski definition) is 2. The zero-order valence-corrected chi connectivity index (χ0v) is 18.5. The summed E-state index contributed by atoms with van der Waals surface area (Å²) in [5.74, 6) is 0.997. The van der Waals surface area contributed by atoms with Crippen LogP contribution in [-0.2, 0) is 4.74 Å². The number of aliphatic hydroxyl groups is 1. The molecule has 2 heterocycles. The third-order valence-corrected chi connectivity index (χ3v) is 5.96. The molecule has 0 radical (unpaired) electrons. The van der Waals surface area contributed by atoms with Gasteiger partial charge < -0.3 is 24.2 Å². The van der Waals surface area contributed by atoms with Crippen molar-refractivity contribution in [1.29, 1.82) is 5.41 Å². The Kier molecular flexibility index (Phi) is 5.83. The number of rotatable bonds is 6. The quantitative estimate of drug-likeness (QED) is 0.536. The lowest BCUT2D eigenvalue weighted by atomic mass is 10.1. The van der Waals surface area contributed by atoms with Gasteiger partial charge in [0.2, 0.25) is 0 Å². The molecule has 0 fully saturated rings. The van der Waals surface area contributed by atoms with E-state index in [1.54, 1.807) is 49.5 Å². The van der Waals surface area contributed by atoms with Crippen LogP contribution in [0.1, 0.15) is 15.4 Å². The number of aliphatic hydroxyl groups excluding tert-OH is 1. The van der Waals surface area contributed by atoms with E-state index in [1.807, 2.05) is 17.5 Å². The molecule has 0 amide bonds. The molecule has 0 saturated heterocycles. The largest absolute Gasteiger partial charge is 0.510 e. The smallest absolute Gasteiger partial charge is 0.337 e. The second kappa shape index (κ2) is 8.72. The lowest BCUT2D eigenvalue weighted by Crippen LogP contribution is -2.26. The second-order valence-electron chi connectivity index (χ2n) is 6.90. The highest BCUT2D eigenvalue weighted by atomic mass is 32.1. The van der Waals surface area contributed by atoms with E-state index in [1.165, 1.54) is 18.4 Å². The monoisotopic (exact) mass is 451 g/mol. The van der Waals surface area contributed by atoms with Crippen LogP contribution < -0.4 is 14.4 Å². The van der Waals surface area contributed by atoms with Crippen LogP contribution in [0.5, 0.6) is 11.5 Å². The number of nitrogens with one attached hydrogen (secondary N) is 1. The van der Waals surface area contributed by atoms with Crippen molar-refractivity contribution in [2.24, 2.45) is 0 Å². The number of benzene rings is 2. The maximum absolute atomic E-state index is 11.6. The average molecular weight is 452 g/mol. The van der Waals surface area contributed by atoms with Gasteiger partial charge in [-0.05, 0) is 42.5 Å². The number of ether oxygens (including phenoxy) is 3. The topological polar surface area (TPSA) is 105 Å². The van der Waals surface area contributed by atoms with Crippen LogP contribution in [0.3, 0.4) is 0 Å². The van der Waals surface area contributed by atoms with E-state index >= 15 is 0 Å². The number of thiazole rings is 1. The van der Waals surface area contributed by atoms with E-state index in [0.717, 1.165) is 5.56 Å². The molecule has 1 aromatic heterocycles. The zero-order chi connectivity index (χ0) is 22.8. The van der Waals surface area contributed by atoms with E-state index < -0.39 is 5.97 Å². The van der Waals surface area contributed by atoms with Gasteiger partial charge in [0, 0.05) is 16.6 Å². The molecule has 8 nitrogen and oxygen atoms in total. The van der Waals surface area contributed by atoms with Crippen molar-refractivity contribution in [3.05, 3.63) is 64.2 Å². The molecule has 0 atom stereocenters. The molecule has 0 unspecified atom stereocenters. The van der Waals surface area contributed by atoms with Crippen molar-refractivity contribution in [3.8, 4) is 22.8 Å². The van der Waals surface area contributed by atoms with E-state index in [-0.39, 0.29) is 18.1 Å². The molecule has 1 aliphatic heterocycles. The highest BCUT2D eigenvalue weighted by Crippen LogP contribution is 2.36. The molecule has 0 bridgehead atoms. The molecular formula is C23H21N3O5S. The first-order valence-electron chi connectivity index (χ1n) is 9.62. The number of esters is 1. The van der Waals surface area contributed by atoms with Crippen LogP contribution in [0.4, 0.5) is 5.69 Å². The van der Waals surface area contributed by atoms with Gasteiger partial charge in [-0.3, -0.25) is 5.41 Å². The van der Waals surface area contributed by atoms with Crippen molar-refractivity contribution >= 4 is 34.4 Å². The Hall–Kier alpha value is -3.85.